The van der Waals surface area contributed by atoms with Crippen molar-refractivity contribution in [3.63, 3.8) is 0 Å². The number of hydrogen-bond donors (Lipinski definition) is 2. The smallest absolute Gasteiger partial charge is 0.191 e. The molecule has 1 fully saturated rings. The van der Waals surface area contributed by atoms with E-state index in [9.17, 15) is 4.39 Å². The van der Waals surface area contributed by atoms with Gasteiger partial charge in [-0.1, -0.05) is 24.6 Å². The van der Waals surface area contributed by atoms with Crippen LogP contribution in [0.15, 0.2) is 29.3 Å². The fourth-order valence-electron chi connectivity index (χ4n) is 4.15. The summed E-state index contributed by atoms with van der Waals surface area (Å²) < 4.78 is 16.5. The highest BCUT2D eigenvalue weighted by Gasteiger charge is 2.45. The van der Waals surface area contributed by atoms with Gasteiger partial charge in [-0.25, -0.2) is 4.39 Å². The summed E-state index contributed by atoms with van der Waals surface area (Å²) >= 11 is 0. The Kier molecular flexibility index (Phi) is 8.07. The molecule has 164 valence electrons. The Morgan fingerprint density at radius 1 is 1.17 bits per heavy atom. The lowest BCUT2D eigenvalue weighted by Crippen LogP contribution is -2.39. The second-order valence-corrected chi connectivity index (χ2v) is 8.13. The molecule has 2 N–H and O–H groups in total. The van der Waals surface area contributed by atoms with Crippen molar-refractivity contribution in [2.45, 2.75) is 63.8 Å². The number of nitrogens with one attached hydrogen (secondary N) is 2. The molecule has 8 heteroatoms. The van der Waals surface area contributed by atoms with Crippen molar-refractivity contribution >= 4 is 29.9 Å². The van der Waals surface area contributed by atoms with Gasteiger partial charge in [-0.15, -0.1) is 34.2 Å². The number of fused-ring (bicyclic) bond motifs is 1. The maximum atomic E-state index is 14.2. The Morgan fingerprint density at radius 3 is 2.77 bits per heavy atom. The molecule has 2 heterocycles. The lowest BCUT2D eigenvalue weighted by molar-refractivity contribution is 0.572. The van der Waals surface area contributed by atoms with Crippen molar-refractivity contribution in [2.24, 2.45) is 4.99 Å². The van der Waals surface area contributed by atoms with Crippen LogP contribution in [-0.4, -0.2) is 40.4 Å². The van der Waals surface area contributed by atoms with E-state index in [2.05, 4.69) is 32.3 Å². The first kappa shape index (κ1) is 23.0. The summed E-state index contributed by atoms with van der Waals surface area (Å²) in [4.78, 5) is 4.77. The summed E-state index contributed by atoms with van der Waals surface area (Å²) in [6.07, 6.45) is 7.50. The zero-order chi connectivity index (χ0) is 20.1. The van der Waals surface area contributed by atoms with Gasteiger partial charge in [-0.05, 0) is 44.2 Å². The standard InChI is InChI=1S/C22H31FN6.HI/c1-2-24-21(26-16-22(12-13-22)17-8-5-6-9-18(17)23)25-14-11-20-28-27-19-10-4-3-7-15-29(19)20;/h5-6,8-9H,2-4,7,10-16H2,1H3,(H2,24,25,26);1H. The Morgan fingerprint density at radius 2 is 2.00 bits per heavy atom. The van der Waals surface area contributed by atoms with Gasteiger partial charge in [-0.2, -0.15) is 0 Å². The van der Waals surface area contributed by atoms with E-state index in [1.54, 1.807) is 12.1 Å². The van der Waals surface area contributed by atoms with E-state index in [4.69, 9.17) is 4.99 Å². The number of guanidine groups is 1. The largest absolute Gasteiger partial charge is 0.357 e. The van der Waals surface area contributed by atoms with E-state index in [0.29, 0.717) is 6.54 Å². The van der Waals surface area contributed by atoms with E-state index in [1.807, 2.05) is 12.1 Å². The van der Waals surface area contributed by atoms with E-state index in [-0.39, 0.29) is 35.2 Å². The summed E-state index contributed by atoms with van der Waals surface area (Å²) in [5.41, 5.74) is 0.656. The van der Waals surface area contributed by atoms with Crippen LogP contribution in [0.1, 0.15) is 56.2 Å². The molecule has 0 unspecified atom stereocenters. The first-order chi connectivity index (χ1) is 14.2. The van der Waals surface area contributed by atoms with Gasteiger partial charge in [0.25, 0.3) is 0 Å². The molecule has 6 nitrogen and oxygen atoms in total. The van der Waals surface area contributed by atoms with Gasteiger partial charge < -0.3 is 15.2 Å². The second-order valence-electron chi connectivity index (χ2n) is 8.13. The first-order valence-corrected chi connectivity index (χ1v) is 10.9. The fourth-order valence-corrected chi connectivity index (χ4v) is 4.15. The van der Waals surface area contributed by atoms with Crippen molar-refractivity contribution in [1.29, 1.82) is 0 Å². The molecule has 2 aliphatic rings. The number of hydrogen-bond acceptors (Lipinski definition) is 3. The zero-order valence-corrected chi connectivity index (χ0v) is 20.0. The number of halogens is 2. The average Bonchev–Trinajstić information content (AvgIpc) is 3.47. The average molecular weight is 526 g/mol. The van der Waals surface area contributed by atoms with E-state index in [1.165, 1.54) is 19.3 Å². The summed E-state index contributed by atoms with van der Waals surface area (Å²) in [5.74, 6) is 2.84. The third-order valence-electron chi connectivity index (χ3n) is 6.01. The number of aromatic nitrogens is 3. The van der Waals surface area contributed by atoms with Crippen LogP contribution in [0.2, 0.25) is 0 Å². The Bertz CT molecular complexity index is 861. The van der Waals surface area contributed by atoms with E-state index in [0.717, 1.165) is 68.5 Å². The SMILES string of the molecule is CCNC(=NCC1(c2ccccc2F)CC1)NCCc1nnc2n1CCCCC2.I. The molecule has 1 aromatic carbocycles. The second kappa shape index (κ2) is 10.5. The predicted octanol–water partition coefficient (Wildman–Crippen LogP) is 3.59. The van der Waals surface area contributed by atoms with Crippen LogP contribution in [-0.2, 0) is 24.8 Å². The minimum absolute atomic E-state index is 0. The zero-order valence-electron chi connectivity index (χ0n) is 17.7. The molecule has 4 rings (SSSR count). The molecule has 30 heavy (non-hydrogen) atoms. The van der Waals surface area contributed by atoms with E-state index >= 15 is 0 Å². The maximum absolute atomic E-state index is 14.2. The topological polar surface area (TPSA) is 67.1 Å². The molecule has 0 amide bonds. The van der Waals surface area contributed by atoms with Crippen LogP contribution in [0.25, 0.3) is 0 Å². The molecule has 0 spiro atoms. The monoisotopic (exact) mass is 526 g/mol. The molecule has 0 radical (unpaired) electrons. The molecule has 2 aromatic rings. The van der Waals surface area contributed by atoms with Gasteiger partial charge in [0.1, 0.15) is 17.5 Å². The minimum atomic E-state index is -0.141. The minimum Gasteiger partial charge on any atom is -0.357 e. The predicted molar refractivity (Wildman–Crippen MR) is 128 cm³/mol. The molecule has 0 atom stereocenters. The Labute approximate surface area is 195 Å². The number of rotatable bonds is 7. The summed E-state index contributed by atoms with van der Waals surface area (Å²) in [6.45, 7) is 5.22. The first-order valence-electron chi connectivity index (χ1n) is 10.9. The van der Waals surface area contributed by atoms with Gasteiger partial charge in [0.15, 0.2) is 5.96 Å². The fraction of sp³-hybridized carbons (Fsp3) is 0.591. The highest BCUT2D eigenvalue weighted by molar-refractivity contribution is 14.0. The molecule has 1 saturated carbocycles. The van der Waals surface area contributed by atoms with E-state index < -0.39 is 0 Å². The number of aryl methyl sites for hydroxylation is 1. The highest BCUT2D eigenvalue weighted by Crippen LogP contribution is 2.49. The third-order valence-corrected chi connectivity index (χ3v) is 6.01. The van der Waals surface area contributed by atoms with Crippen LogP contribution < -0.4 is 10.6 Å². The van der Waals surface area contributed by atoms with Gasteiger partial charge in [0.2, 0.25) is 0 Å². The summed E-state index contributed by atoms with van der Waals surface area (Å²) in [7, 11) is 0. The van der Waals surface area contributed by atoms with Gasteiger partial charge in [-0.3, -0.25) is 4.99 Å². The Hall–Kier alpha value is -1.71. The van der Waals surface area contributed by atoms with Gasteiger partial charge in [0, 0.05) is 37.9 Å². The van der Waals surface area contributed by atoms with Crippen molar-refractivity contribution < 1.29 is 4.39 Å². The molecular formula is C22H32FIN6. The molecule has 0 saturated heterocycles. The van der Waals surface area contributed by atoms with Crippen molar-refractivity contribution in [3.05, 3.63) is 47.3 Å². The molecule has 0 bridgehead atoms. The van der Waals surface area contributed by atoms with Crippen LogP contribution in [0.3, 0.4) is 0 Å². The van der Waals surface area contributed by atoms with Crippen molar-refractivity contribution in [1.82, 2.24) is 25.4 Å². The molecular weight excluding hydrogens is 494 g/mol. The lowest BCUT2D eigenvalue weighted by Gasteiger charge is -2.16. The molecule has 1 aliphatic heterocycles. The summed E-state index contributed by atoms with van der Waals surface area (Å²) in [5, 5.41) is 15.5. The highest BCUT2D eigenvalue weighted by atomic mass is 127. The van der Waals surface area contributed by atoms with Gasteiger partial charge >= 0.3 is 0 Å². The van der Waals surface area contributed by atoms with Crippen molar-refractivity contribution in [3.8, 4) is 0 Å². The third kappa shape index (κ3) is 5.31. The van der Waals surface area contributed by atoms with Crippen LogP contribution in [0.4, 0.5) is 4.39 Å². The molecule has 1 aromatic heterocycles. The Balaban J connectivity index is 0.00000256. The normalized spacial score (nSPS) is 17.5. The van der Waals surface area contributed by atoms with Crippen molar-refractivity contribution in [2.75, 3.05) is 19.6 Å². The van der Waals surface area contributed by atoms with Crippen LogP contribution in [0.5, 0.6) is 0 Å². The molecule has 1 aliphatic carbocycles. The lowest BCUT2D eigenvalue weighted by atomic mass is 9.95. The van der Waals surface area contributed by atoms with Gasteiger partial charge in [0.05, 0.1) is 6.54 Å². The maximum Gasteiger partial charge on any atom is 0.191 e. The quantitative estimate of drug-likeness (QED) is 0.329. The van der Waals surface area contributed by atoms with Crippen LogP contribution in [0, 0.1) is 5.82 Å². The number of nitrogens with zero attached hydrogens (tertiary/aromatic N) is 4. The number of benzene rings is 1. The number of aliphatic imine (C=N–C) groups is 1. The van der Waals surface area contributed by atoms with Crippen LogP contribution >= 0.6 is 24.0 Å². The summed E-state index contributed by atoms with van der Waals surface area (Å²) in [6, 6.07) is 7.10.